The third-order valence-electron chi connectivity index (χ3n) is 11.5. The molecule has 0 spiro atoms. The van der Waals surface area contributed by atoms with Gasteiger partial charge in [0.25, 0.3) is 11.8 Å². The molecule has 318 valence electrons. The van der Waals surface area contributed by atoms with E-state index in [1.54, 1.807) is 64.2 Å². The van der Waals surface area contributed by atoms with Crippen LogP contribution in [0.4, 0.5) is 9.59 Å². The highest BCUT2D eigenvalue weighted by Crippen LogP contribution is 2.39. The van der Waals surface area contributed by atoms with E-state index in [0.29, 0.717) is 59.6 Å². The van der Waals surface area contributed by atoms with E-state index in [2.05, 4.69) is 25.6 Å². The SMILES string of the molecule is COC(=O)N[C@H](C(=O)N1CCC[C@H]1c1nc(Cl)c(-c2ccc(-c3ccc(-c4cnc([C@@H]5C[C@H](SC)CN5C(=O)[C@@H](NC(=O)O)c5ccccc5)[nH]4)cc3)cc2)[nH]1)c1ccccc1. The summed E-state index contributed by atoms with van der Waals surface area (Å²) < 4.78 is 4.83. The van der Waals surface area contributed by atoms with Gasteiger partial charge in [0, 0.05) is 23.9 Å². The van der Waals surface area contributed by atoms with Crippen molar-refractivity contribution >= 4 is 47.4 Å². The number of rotatable bonds is 12. The van der Waals surface area contributed by atoms with Crippen molar-refractivity contribution in [3.8, 4) is 33.6 Å². The zero-order valence-corrected chi connectivity index (χ0v) is 35.5. The van der Waals surface area contributed by atoms with Gasteiger partial charge in [0.05, 0.1) is 36.8 Å². The minimum absolute atomic E-state index is 0.167. The minimum Gasteiger partial charge on any atom is -0.465 e. The molecule has 0 aliphatic carbocycles. The highest BCUT2D eigenvalue weighted by molar-refractivity contribution is 7.99. The maximum absolute atomic E-state index is 14.0. The van der Waals surface area contributed by atoms with Crippen molar-refractivity contribution < 1.29 is 29.0 Å². The van der Waals surface area contributed by atoms with E-state index < -0.39 is 24.3 Å². The molecule has 2 fully saturated rings. The Bertz CT molecular complexity index is 2540. The smallest absolute Gasteiger partial charge is 0.407 e. The number of carbonyl (C=O) groups excluding carboxylic acids is 3. The summed E-state index contributed by atoms with van der Waals surface area (Å²) in [5.41, 5.74) is 6.41. The number of hydrogen-bond donors (Lipinski definition) is 5. The van der Waals surface area contributed by atoms with Crippen molar-refractivity contribution in [3.05, 3.63) is 143 Å². The minimum atomic E-state index is -1.27. The number of thioether (sulfide) groups is 1. The number of carboxylic acid groups (broad SMARTS) is 1. The molecule has 2 aromatic heterocycles. The van der Waals surface area contributed by atoms with Crippen LogP contribution >= 0.6 is 23.4 Å². The van der Waals surface area contributed by atoms with Gasteiger partial charge in [-0.2, -0.15) is 11.8 Å². The van der Waals surface area contributed by atoms with Gasteiger partial charge in [0.1, 0.15) is 23.7 Å². The van der Waals surface area contributed by atoms with Crippen molar-refractivity contribution in [2.75, 3.05) is 26.5 Å². The predicted molar refractivity (Wildman–Crippen MR) is 237 cm³/mol. The first-order valence-electron chi connectivity index (χ1n) is 20.2. The molecule has 4 amide bonds. The Morgan fingerprint density at radius 3 is 1.95 bits per heavy atom. The number of benzene rings is 4. The van der Waals surface area contributed by atoms with Gasteiger partial charge in [-0.25, -0.2) is 19.6 Å². The maximum atomic E-state index is 14.0. The molecule has 4 heterocycles. The number of amides is 4. The number of carbonyl (C=O) groups is 4. The van der Waals surface area contributed by atoms with Crippen LogP contribution in [0, 0.1) is 0 Å². The molecule has 4 aromatic carbocycles. The lowest BCUT2D eigenvalue weighted by Crippen LogP contribution is -2.42. The van der Waals surface area contributed by atoms with Crippen LogP contribution in [-0.2, 0) is 14.3 Å². The lowest BCUT2D eigenvalue weighted by molar-refractivity contribution is -0.135. The molecule has 2 aliphatic rings. The Morgan fingerprint density at radius 1 is 0.774 bits per heavy atom. The van der Waals surface area contributed by atoms with E-state index in [1.807, 2.05) is 79.1 Å². The highest BCUT2D eigenvalue weighted by Gasteiger charge is 2.41. The lowest BCUT2D eigenvalue weighted by atomic mass is 10.0. The number of methoxy groups -OCH3 is 1. The predicted octanol–water partition coefficient (Wildman–Crippen LogP) is 8.56. The summed E-state index contributed by atoms with van der Waals surface area (Å²) in [6, 6.07) is 31.4. The monoisotopic (exact) mass is 872 g/mol. The van der Waals surface area contributed by atoms with Gasteiger partial charge in [-0.3, -0.25) is 9.59 Å². The maximum Gasteiger partial charge on any atom is 0.407 e. The molecule has 0 radical (unpaired) electrons. The van der Waals surface area contributed by atoms with Crippen molar-refractivity contribution in [2.24, 2.45) is 0 Å². The van der Waals surface area contributed by atoms with Crippen LogP contribution in [0.3, 0.4) is 0 Å². The molecule has 0 unspecified atom stereocenters. The van der Waals surface area contributed by atoms with Crippen molar-refractivity contribution in [1.29, 1.82) is 0 Å². The molecule has 0 saturated carbocycles. The van der Waals surface area contributed by atoms with Crippen LogP contribution in [-0.4, -0.2) is 90.5 Å². The molecule has 6 aromatic rings. The van der Waals surface area contributed by atoms with Crippen molar-refractivity contribution in [2.45, 2.75) is 48.7 Å². The van der Waals surface area contributed by atoms with Crippen LogP contribution < -0.4 is 10.6 Å². The normalized spacial score (nSPS) is 18.3. The third-order valence-corrected chi connectivity index (χ3v) is 12.8. The third kappa shape index (κ3) is 8.90. The number of hydrogen-bond acceptors (Lipinski definition) is 8. The van der Waals surface area contributed by atoms with E-state index >= 15 is 0 Å². The standard InChI is InChI=1S/C46H45ClN8O6S/c1-61-46(60)52-39(31-12-7-4-8-13-31)43(56)54-23-9-14-35(54)42-50-37(40(47)53-42)32-21-17-28(18-22-32)27-15-19-29(20-16-27)34-25-48-41(49-34)36-24-33(62-2)26-55(36)44(57)38(51-45(58)59)30-10-5-3-6-11-30/h3-8,10-13,15-22,25,33,35-36,38-39,51H,9,14,23-24,26H2,1-2H3,(H,48,49)(H,50,53)(H,52,60)(H,58,59)/t33-,35-,36-,38-,39-/m0/s1. The number of imidazole rings is 2. The number of ether oxygens (including phenoxy) is 1. The molecular weight excluding hydrogens is 828 g/mol. The summed E-state index contributed by atoms with van der Waals surface area (Å²) in [5.74, 6) is 0.638. The molecule has 16 heteroatoms. The Balaban J connectivity index is 0.957. The molecule has 2 saturated heterocycles. The average molecular weight is 873 g/mol. The molecule has 8 rings (SSSR count). The summed E-state index contributed by atoms with van der Waals surface area (Å²) >= 11 is 8.41. The fourth-order valence-electron chi connectivity index (χ4n) is 8.33. The summed E-state index contributed by atoms with van der Waals surface area (Å²) in [5, 5.41) is 15.2. The van der Waals surface area contributed by atoms with Gasteiger partial charge in [-0.1, -0.05) is 121 Å². The number of aromatic amines is 2. The topological polar surface area (TPSA) is 186 Å². The van der Waals surface area contributed by atoms with E-state index in [1.165, 1.54) is 7.11 Å². The largest absolute Gasteiger partial charge is 0.465 e. The molecule has 5 atom stereocenters. The number of likely N-dealkylation sites (tertiary alicyclic amines) is 2. The fourth-order valence-corrected chi connectivity index (χ4v) is 9.26. The van der Waals surface area contributed by atoms with Gasteiger partial charge < -0.3 is 40.2 Å². The quantitative estimate of drug-likeness (QED) is 0.0804. The summed E-state index contributed by atoms with van der Waals surface area (Å²) in [6.45, 7) is 0.973. The lowest BCUT2D eigenvalue weighted by Gasteiger charge is -2.28. The highest BCUT2D eigenvalue weighted by atomic mass is 35.5. The Morgan fingerprint density at radius 2 is 1.35 bits per heavy atom. The first-order chi connectivity index (χ1) is 30.1. The number of nitrogens with one attached hydrogen (secondary N) is 4. The van der Waals surface area contributed by atoms with Gasteiger partial charge in [-0.15, -0.1) is 0 Å². The fraction of sp³-hybridized carbons (Fsp3) is 0.261. The van der Waals surface area contributed by atoms with Crippen molar-refractivity contribution in [1.82, 2.24) is 40.4 Å². The summed E-state index contributed by atoms with van der Waals surface area (Å²) in [6.07, 6.45) is 3.94. The van der Waals surface area contributed by atoms with E-state index in [9.17, 15) is 24.3 Å². The zero-order chi connectivity index (χ0) is 43.3. The molecule has 62 heavy (non-hydrogen) atoms. The Hall–Kier alpha value is -6.58. The second-order valence-corrected chi connectivity index (χ2v) is 16.7. The number of aromatic nitrogens is 4. The molecular formula is C46H45ClN8O6S. The number of alkyl carbamates (subject to hydrolysis) is 1. The second kappa shape index (κ2) is 18.6. The Kier molecular flexibility index (Phi) is 12.6. The van der Waals surface area contributed by atoms with E-state index in [4.69, 9.17) is 21.3 Å². The zero-order valence-electron chi connectivity index (χ0n) is 34.0. The van der Waals surface area contributed by atoms with Gasteiger partial charge in [0.15, 0.2) is 5.15 Å². The number of nitrogens with zero attached hydrogens (tertiary/aromatic N) is 4. The second-order valence-electron chi connectivity index (χ2n) is 15.2. The molecule has 5 N–H and O–H groups in total. The van der Waals surface area contributed by atoms with Crippen molar-refractivity contribution in [3.63, 3.8) is 0 Å². The van der Waals surface area contributed by atoms with Crippen LogP contribution in [0.5, 0.6) is 0 Å². The van der Waals surface area contributed by atoms with Crippen LogP contribution in [0.2, 0.25) is 5.15 Å². The summed E-state index contributed by atoms with van der Waals surface area (Å²) in [7, 11) is 1.26. The van der Waals surface area contributed by atoms with Crippen LogP contribution in [0.15, 0.2) is 115 Å². The van der Waals surface area contributed by atoms with Gasteiger partial charge in [-0.05, 0) is 53.3 Å². The van der Waals surface area contributed by atoms with Gasteiger partial charge in [0.2, 0.25) is 0 Å². The number of H-pyrrole nitrogens is 2. The molecule has 2 aliphatic heterocycles. The van der Waals surface area contributed by atoms with Crippen LogP contribution in [0.1, 0.15) is 66.2 Å². The Labute approximate surface area is 367 Å². The summed E-state index contributed by atoms with van der Waals surface area (Å²) in [4.78, 5) is 71.6. The first kappa shape index (κ1) is 42.1. The van der Waals surface area contributed by atoms with E-state index in [0.717, 1.165) is 34.4 Å². The number of halogens is 1. The van der Waals surface area contributed by atoms with E-state index in [-0.39, 0.29) is 29.1 Å². The molecule has 0 bridgehead atoms. The van der Waals surface area contributed by atoms with Crippen LogP contribution in [0.25, 0.3) is 33.6 Å². The van der Waals surface area contributed by atoms with Gasteiger partial charge >= 0.3 is 12.2 Å². The average Bonchev–Trinajstić information content (AvgIpc) is 4.14. The first-order valence-corrected chi connectivity index (χ1v) is 21.9. The molecule has 14 nitrogen and oxygen atoms in total.